The molecule has 0 heterocycles. The van der Waals surface area contributed by atoms with Gasteiger partial charge in [0, 0.05) is 12.8 Å². The third kappa shape index (κ3) is 23.2. The molecular formula is C42H74O9. The minimum Gasteiger partial charge on any atom is -0.392 e. The first-order valence-corrected chi connectivity index (χ1v) is 20.4. The summed E-state index contributed by atoms with van der Waals surface area (Å²) >= 11 is 0. The summed E-state index contributed by atoms with van der Waals surface area (Å²) in [5, 5.41) is 40.5. The van der Waals surface area contributed by atoms with Crippen molar-refractivity contribution in [1.82, 2.24) is 0 Å². The molecule has 0 radical (unpaired) electrons. The third-order valence-corrected chi connectivity index (χ3v) is 9.57. The number of aliphatic hydroxyl groups excluding tert-OH is 2. The van der Waals surface area contributed by atoms with Crippen LogP contribution >= 0.6 is 0 Å². The summed E-state index contributed by atoms with van der Waals surface area (Å²) in [6.45, 7) is 1.78. The lowest BCUT2D eigenvalue weighted by Gasteiger charge is -2.25. The van der Waals surface area contributed by atoms with Crippen LogP contribution < -0.4 is 0 Å². The van der Waals surface area contributed by atoms with Crippen molar-refractivity contribution in [3.05, 3.63) is 24.3 Å². The van der Waals surface area contributed by atoms with E-state index in [9.17, 15) is 39.6 Å². The Balaban J connectivity index is 4.34. The Labute approximate surface area is 309 Å². The predicted molar refractivity (Wildman–Crippen MR) is 204 cm³/mol. The van der Waals surface area contributed by atoms with Crippen LogP contribution in [-0.2, 0) is 23.9 Å². The van der Waals surface area contributed by atoms with Crippen LogP contribution in [0.3, 0.4) is 0 Å². The van der Waals surface area contributed by atoms with Gasteiger partial charge in [0.15, 0.2) is 11.6 Å². The zero-order valence-corrected chi connectivity index (χ0v) is 32.4. The fourth-order valence-corrected chi connectivity index (χ4v) is 5.91. The summed E-state index contributed by atoms with van der Waals surface area (Å²) in [5.41, 5.74) is -6.03. The van der Waals surface area contributed by atoms with E-state index in [0.717, 1.165) is 64.2 Å². The molecule has 296 valence electrons. The normalized spacial score (nSPS) is 14.2. The fourth-order valence-electron chi connectivity index (χ4n) is 5.91. The van der Waals surface area contributed by atoms with Gasteiger partial charge >= 0.3 is 11.9 Å². The molecule has 0 saturated heterocycles. The molecule has 0 rings (SSSR count). The highest BCUT2D eigenvalue weighted by atomic mass is 16.6. The highest BCUT2D eigenvalue weighted by Gasteiger charge is 2.50. The Morgan fingerprint density at radius 1 is 0.431 bits per heavy atom. The molecule has 2 unspecified atom stereocenters. The first-order chi connectivity index (χ1) is 24.6. The summed E-state index contributed by atoms with van der Waals surface area (Å²) in [6.07, 6.45) is 36.0. The van der Waals surface area contributed by atoms with Gasteiger partial charge in [0.1, 0.15) is 0 Å². The topological polar surface area (TPSA) is 158 Å². The van der Waals surface area contributed by atoms with Gasteiger partial charge in [-0.25, -0.2) is 9.59 Å². The van der Waals surface area contributed by atoms with Crippen molar-refractivity contribution < 1.29 is 44.3 Å². The lowest BCUT2D eigenvalue weighted by Crippen LogP contribution is -2.56. The number of Topliss-reactive ketones (excluding diaryl/α,β-unsaturated/α-hetero) is 2. The molecule has 0 aliphatic rings. The van der Waals surface area contributed by atoms with Crippen LogP contribution in [0.25, 0.3) is 0 Å². The smallest absolute Gasteiger partial charge is 0.356 e. The van der Waals surface area contributed by atoms with E-state index in [2.05, 4.69) is 42.9 Å². The van der Waals surface area contributed by atoms with E-state index < -0.39 is 47.9 Å². The van der Waals surface area contributed by atoms with Gasteiger partial charge in [-0.1, -0.05) is 141 Å². The van der Waals surface area contributed by atoms with Crippen LogP contribution in [0, 0.1) is 0 Å². The second kappa shape index (κ2) is 32.5. The minimum absolute atomic E-state index is 0.225. The zero-order chi connectivity index (χ0) is 38.1. The van der Waals surface area contributed by atoms with E-state index in [1.165, 1.54) is 77.0 Å². The number of esters is 2. The zero-order valence-electron chi connectivity index (χ0n) is 32.4. The molecular weight excluding hydrogens is 648 g/mol. The van der Waals surface area contributed by atoms with Crippen LogP contribution in [0.5, 0.6) is 0 Å². The van der Waals surface area contributed by atoms with E-state index in [0.29, 0.717) is 25.7 Å². The van der Waals surface area contributed by atoms with Crippen LogP contribution in [-0.4, -0.2) is 68.3 Å². The number of hydrogen-bond donors (Lipinski definition) is 4. The Hall–Kier alpha value is -2.20. The number of hydrogen-bond acceptors (Lipinski definition) is 9. The predicted octanol–water partition coefficient (Wildman–Crippen LogP) is 8.72. The SMILES string of the molecule is CCCCCCCC/C=C\CCCCCCCC(=O)C(O)(CO)C(=O)OC(=O)C(O)(CO)C(=O)CCCCCCC/C=C\CCCCCCCC. The number of carbonyl (C=O) groups excluding carboxylic acids is 4. The molecule has 0 fully saturated rings. The molecule has 0 aromatic carbocycles. The molecule has 0 aliphatic heterocycles. The third-order valence-electron chi connectivity index (χ3n) is 9.57. The average Bonchev–Trinajstić information content (AvgIpc) is 3.13. The van der Waals surface area contributed by atoms with Crippen molar-refractivity contribution in [2.45, 2.75) is 205 Å². The molecule has 0 aliphatic carbocycles. The molecule has 0 bridgehead atoms. The van der Waals surface area contributed by atoms with E-state index >= 15 is 0 Å². The van der Waals surface area contributed by atoms with Gasteiger partial charge in [-0.2, -0.15) is 0 Å². The van der Waals surface area contributed by atoms with Gasteiger partial charge < -0.3 is 25.2 Å². The van der Waals surface area contributed by atoms with E-state index in [1.54, 1.807) is 0 Å². The van der Waals surface area contributed by atoms with Crippen molar-refractivity contribution in [1.29, 1.82) is 0 Å². The summed E-state index contributed by atoms with van der Waals surface area (Å²) < 4.78 is 4.51. The Bertz CT molecular complexity index is 899. The number of aliphatic hydroxyl groups is 4. The second-order valence-electron chi connectivity index (χ2n) is 14.2. The van der Waals surface area contributed by atoms with Crippen molar-refractivity contribution >= 4 is 23.5 Å². The van der Waals surface area contributed by atoms with E-state index in [1.807, 2.05) is 0 Å². The molecule has 0 aromatic heterocycles. The van der Waals surface area contributed by atoms with Crippen LogP contribution in [0.15, 0.2) is 24.3 Å². The monoisotopic (exact) mass is 723 g/mol. The highest BCUT2D eigenvalue weighted by molar-refractivity contribution is 6.14. The highest BCUT2D eigenvalue weighted by Crippen LogP contribution is 2.20. The second-order valence-corrected chi connectivity index (χ2v) is 14.2. The summed E-state index contributed by atoms with van der Waals surface area (Å²) in [4.78, 5) is 50.5. The summed E-state index contributed by atoms with van der Waals surface area (Å²) in [6, 6.07) is 0. The molecule has 4 N–H and O–H groups in total. The fraction of sp³-hybridized carbons (Fsp3) is 0.810. The van der Waals surface area contributed by atoms with Crippen molar-refractivity contribution in [2.75, 3.05) is 13.2 Å². The molecule has 0 spiro atoms. The van der Waals surface area contributed by atoms with Gasteiger partial charge in [0.25, 0.3) is 0 Å². The number of allylic oxidation sites excluding steroid dienone is 4. The maximum absolute atomic E-state index is 12.7. The molecule has 0 amide bonds. The van der Waals surface area contributed by atoms with E-state index in [-0.39, 0.29) is 12.8 Å². The van der Waals surface area contributed by atoms with Crippen molar-refractivity contribution in [2.24, 2.45) is 0 Å². The first kappa shape index (κ1) is 48.8. The van der Waals surface area contributed by atoms with Crippen molar-refractivity contribution in [3.63, 3.8) is 0 Å². The molecule has 51 heavy (non-hydrogen) atoms. The lowest BCUT2D eigenvalue weighted by atomic mass is 9.93. The number of rotatable bonds is 36. The van der Waals surface area contributed by atoms with Gasteiger partial charge in [0.05, 0.1) is 13.2 Å². The maximum Gasteiger partial charge on any atom is 0.356 e. The van der Waals surface area contributed by atoms with Gasteiger partial charge in [0.2, 0.25) is 11.2 Å². The maximum atomic E-state index is 12.7. The summed E-state index contributed by atoms with van der Waals surface area (Å²) in [7, 11) is 0. The Morgan fingerprint density at radius 2 is 0.686 bits per heavy atom. The van der Waals surface area contributed by atoms with E-state index in [4.69, 9.17) is 0 Å². The Morgan fingerprint density at radius 3 is 0.961 bits per heavy atom. The standard InChI is InChI=1S/C42H74O9/c1-3-5-7-9-11-13-15-17-19-21-23-25-27-29-31-33-37(45)41(49,35-43)39(47)51-40(48)42(50,36-44)38(46)34-32-30-28-26-24-22-20-18-16-14-12-10-8-6-4-2/h17-20,43-44,49-50H,3-16,21-36H2,1-2H3/b19-17-,20-18-. The number of ether oxygens (including phenoxy) is 1. The average molecular weight is 723 g/mol. The van der Waals surface area contributed by atoms with Gasteiger partial charge in [-0.05, 0) is 64.2 Å². The molecule has 2 atom stereocenters. The molecule has 0 saturated carbocycles. The summed E-state index contributed by atoms with van der Waals surface area (Å²) in [5.74, 6) is -5.61. The van der Waals surface area contributed by atoms with Gasteiger partial charge in [-0.3, -0.25) is 9.59 Å². The minimum atomic E-state index is -3.01. The molecule has 0 aromatic rings. The quantitative estimate of drug-likeness (QED) is 0.0215. The Kier molecular flexibility index (Phi) is 31.1. The van der Waals surface area contributed by atoms with Crippen molar-refractivity contribution in [3.8, 4) is 0 Å². The van der Waals surface area contributed by atoms with Gasteiger partial charge in [-0.15, -0.1) is 0 Å². The number of unbranched alkanes of at least 4 members (excludes halogenated alkanes) is 22. The van der Waals surface area contributed by atoms with Crippen LogP contribution in [0.4, 0.5) is 0 Å². The largest absolute Gasteiger partial charge is 0.392 e. The number of carbonyl (C=O) groups is 4. The molecule has 9 heteroatoms. The number of ketones is 2. The molecule has 9 nitrogen and oxygen atoms in total. The van der Waals surface area contributed by atoms with Crippen LogP contribution in [0.2, 0.25) is 0 Å². The first-order valence-electron chi connectivity index (χ1n) is 20.4. The lowest BCUT2D eigenvalue weighted by molar-refractivity contribution is -0.190. The van der Waals surface area contributed by atoms with Crippen LogP contribution in [0.1, 0.15) is 194 Å².